The number of carbonyl (C=O) groups excluding carboxylic acids is 2. The molecule has 1 fully saturated rings. The molecule has 1 atom stereocenters. The van der Waals surface area contributed by atoms with Gasteiger partial charge in [0.2, 0.25) is 5.13 Å². The predicted molar refractivity (Wildman–Crippen MR) is 151 cm³/mol. The van der Waals surface area contributed by atoms with Gasteiger partial charge >= 0.3 is 6.03 Å². The van der Waals surface area contributed by atoms with Gasteiger partial charge in [-0.05, 0) is 37.2 Å². The predicted octanol–water partition coefficient (Wildman–Crippen LogP) is 5.35. The van der Waals surface area contributed by atoms with Crippen LogP contribution in [0.3, 0.4) is 0 Å². The molecule has 212 valence electrons. The van der Waals surface area contributed by atoms with Gasteiger partial charge in [0.25, 0.3) is 0 Å². The van der Waals surface area contributed by atoms with Crippen molar-refractivity contribution in [2.75, 3.05) is 38.8 Å². The molecule has 1 aliphatic carbocycles. The molecule has 1 unspecified atom stereocenters. The third-order valence-corrected chi connectivity index (χ3v) is 7.93. The number of halogens is 1. The van der Waals surface area contributed by atoms with E-state index in [1.807, 2.05) is 6.92 Å². The summed E-state index contributed by atoms with van der Waals surface area (Å²) in [6.45, 7) is 9.82. The van der Waals surface area contributed by atoms with Gasteiger partial charge in [-0.25, -0.2) is 4.79 Å². The molecule has 0 aromatic carbocycles. The first-order valence-electron chi connectivity index (χ1n) is 12.8. The first-order valence-corrected chi connectivity index (χ1v) is 14.1. The zero-order valence-corrected chi connectivity index (χ0v) is 24.7. The summed E-state index contributed by atoms with van der Waals surface area (Å²) >= 11 is 6.85. The van der Waals surface area contributed by atoms with Crippen LogP contribution in [-0.2, 0) is 19.8 Å². The molecule has 0 radical (unpaired) electrons. The SMILES string of the molecule is CCC(=NOCC=CCl)C1=C(O)CC(C2CCOCC2)CC1=O.CNC(=O)N(C)c1nnc(C(C)(C)C)s1. The zero-order chi connectivity index (χ0) is 28.3. The number of amides is 2. The third kappa shape index (κ3) is 9.06. The molecular formula is C26H40ClN5O5S. The molecule has 2 heterocycles. The summed E-state index contributed by atoms with van der Waals surface area (Å²) in [5.41, 5.74) is 2.16. The molecule has 0 bridgehead atoms. The first kappa shape index (κ1) is 31.7. The van der Waals surface area contributed by atoms with Crippen molar-refractivity contribution in [1.29, 1.82) is 0 Å². The highest BCUT2D eigenvalue weighted by Crippen LogP contribution is 2.36. The Morgan fingerprint density at radius 3 is 2.50 bits per heavy atom. The quantitative estimate of drug-likeness (QED) is 0.257. The molecule has 0 saturated carbocycles. The average molecular weight is 570 g/mol. The lowest BCUT2D eigenvalue weighted by Crippen LogP contribution is -2.34. The van der Waals surface area contributed by atoms with Crippen molar-refractivity contribution in [2.24, 2.45) is 17.0 Å². The van der Waals surface area contributed by atoms with Gasteiger partial charge in [-0.2, -0.15) is 0 Å². The van der Waals surface area contributed by atoms with Crippen LogP contribution in [0.1, 0.15) is 64.8 Å². The maximum absolute atomic E-state index is 12.5. The Bertz CT molecular complexity index is 1030. The normalized spacial score (nSPS) is 19.3. The van der Waals surface area contributed by atoms with Crippen molar-refractivity contribution in [1.82, 2.24) is 15.5 Å². The minimum absolute atomic E-state index is 0.0283. The lowest BCUT2D eigenvalue weighted by Gasteiger charge is -2.32. The Morgan fingerprint density at radius 1 is 1.29 bits per heavy atom. The summed E-state index contributed by atoms with van der Waals surface area (Å²) in [6.07, 6.45) is 5.05. The van der Waals surface area contributed by atoms with Gasteiger partial charge in [0, 0.05) is 51.1 Å². The first-order chi connectivity index (χ1) is 18.0. The van der Waals surface area contributed by atoms with Crippen LogP contribution in [0.15, 0.2) is 28.1 Å². The molecule has 1 aromatic rings. The second kappa shape index (κ2) is 15.2. The summed E-state index contributed by atoms with van der Waals surface area (Å²) in [4.78, 5) is 30.4. The number of rotatable bonds is 7. The number of nitrogens with one attached hydrogen (secondary N) is 1. The van der Waals surface area contributed by atoms with Crippen LogP contribution in [0, 0.1) is 11.8 Å². The van der Waals surface area contributed by atoms with Crippen molar-refractivity contribution < 1.29 is 24.3 Å². The van der Waals surface area contributed by atoms with E-state index in [9.17, 15) is 14.7 Å². The van der Waals surface area contributed by atoms with Gasteiger partial charge in [0.15, 0.2) is 5.78 Å². The Hall–Kier alpha value is -2.50. The van der Waals surface area contributed by atoms with E-state index in [0.29, 0.717) is 41.6 Å². The molecular weight excluding hydrogens is 530 g/mol. The molecule has 1 saturated heterocycles. The number of hydrogen-bond acceptors (Lipinski definition) is 9. The summed E-state index contributed by atoms with van der Waals surface area (Å²) < 4.78 is 5.38. The molecule has 2 N–H and O–H groups in total. The van der Waals surface area contributed by atoms with Crippen LogP contribution in [0.2, 0.25) is 0 Å². The van der Waals surface area contributed by atoms with E-state index in [2.05, 4.69) is 41.4 Å². The number of anilines is 1. The number of Topliss-reactive ketones (excluding diaryl/α,β-unsaturated/α-hetero) is 1. The summed E-state index contributed by atoms with van der Waals surface area (Å²) in [5.74, 6) is 0.758. The summed E-state index contributed by atoms with van der Waals surface area (Å²) in [5, 5.41) is 26.5. The highest BCUT2D eigenvalue weighted by atomic mass is 35.5. The largest absolute Gasteiger partial charge is 0.511 e. The second-order valence-corrected chi connectivity index (χ2v) is 11.4. The van der Waals surface area contributed by atoms with Gasteiger partial charge in [-0.15, -0.1) is 10.2 Å². The molecule has 2 amide bonds. The number of ether oxygens (including phenoxy) is 1. The maximum atomic E-state index is 12.5. The number of carbonyl (C=O) groups is 2. The third-order valence-electron chi connectivity index (χ3n) is 6.32. The number of allylic oxidation sites excluding steroid dienone is 2. The van der Waals surface area contributed by atoms with Crippen molar-refractivity contribution in [3.63, 3.8) is 0 Å². The fraction of sp³-hybridized carbons (Fsp3) is 0.654. The number of urea groups is 1. The van der Waals surface area contributed by atoms with Crippen molar-refractivity contribution in [3.05, 3.63) is 28.0 Å². The van der Waals surface area contributed by atoms with Crippen LogP contribution in [0.4, 0.5) is 9.93 Å². The van der Waals surface area contributed by atoms with E-state index in [1.165, 1.54) is 21.8 Å². The number of aliphatic hydroxyl groups excluding tert-OH is 1. The minimum Gasteiger partial charge on any atom is -0.511 e. The number of hydrogen-bond donors (Lipinski definition) is 2. The van der Waals surface area contributed by atoms with E-state index >= 15 is 0 Å². The maximum Gasteiger partial charge on any atom is 0.323 e. The van der Waals surface area contributed by atoms with E-state index in [0.717, 1.165) is 31.1 Å². The number of aliphatic hydroxyl groups is 1. The van der Waals surface area contributed by atoms with E-state index in [-0.39, 0.29) is 35.5 Å². The van der Waals surface area contributed by atoms with Crippen LogP contribution in [0.5, 0.6) is 0 Å². The molecule has 1 aliphatic heterocycles. The summed E-state index contributed by atoms with van der Waals surface area (Å²) in [7, 11) is 3.26. The van der Waals surface area contributed by atoms with E-state index in [4.69, 9.17) is 21.2 Å². The van der Waals surface area contributed by atoms with Gasteiger partial charge in [0.05, 0.1) is 11.3 Å². The topological polar surface area (TPSA) is 126 Å². The molecule has 10 nitrogen and oxygen atoms in total. The fourth-order valence-corrected chi connectivity index (χ4v) is 5.10. The lowest BCUT2D eigenvalue weighted by molar-refractivity contribution is -0.117. The van der Waals surface area contributed by atoms with Gasteiger partial charge in [-0.1, -0.05) is 55.8 Å². The summed E-state index contributed by atoms with van der Waals surface area (Å²) in [6, 6.07) is -0.188. The lowest BCUT2D eigenvalue weighted by atomic mass is 9.75. The molecule has 12 heteroatoms. The Kier molecular flexibility index (Phi) is 12.7. The van der Waals surface area contributed by atoms with E-state index in [1.54, 1.807) is 20.2 Å². The Labute approximate surface area is 234 Å². The minimum atomic E-state index is -0.188. The van der Waals surface area contributed by atoms with Gasteiger partial charge < -0.3 is 20.0 Å². The van der Waals surface area contributed by atoms with Crippen LogP contribution < -0.4 is 10.2 Å². The van der Waals surface area contributed by atoms with Crippen molar-refractivity contribution in [3.8, 4) is 0 Å². The van der Waals surface area contributed by atoms with Crippen LogP contribution >= 0.6 is 22.9 Å². The van der Waals surface area contributed by atoms with Gasteiger partial charge in [-0.3, -0.25) is 9.69 Å². The Morgan fingerprint density at radius 2 is 1.97 bits per heavy atom. The highest BCUT2D eigenvalue weighted by Gasteiger charge is 2.35. The van der Waals surface area contributed by atoms with Crippen LogP contribution in [-0.4, -0.2) is 66.7 Å². The zero-order valence-electron chi connectivity index (χ0n) is 23.1. The Balaban J connectivity index is 0.000000293. The molecule has 0 spiro atoms. The van der Waals surface area contributed by atoms with Crippen LogP contribution in [0.25, 0.3) is 0 Å². The monoisotopic (exact) mass is 569 g/mol. The standard InChI is InChI=1S/C17H24ClNO4.C9H16N4OS/c1-2-14(19-23-7-3-6-18)17-15(20)10-13(11-16(17)21)12-4-8-22-9-5-12;1-9(2,3)6-11-12-8(15-6)13(5)7(14)10-4/h3,6,12-13,20H,2,4-5,7-11H2,1H3;1-5H3,(H,10,14). The van der Waals surface area contributed by atoms with Gasteiger partial charge in [0.1, 0.15) is 17.4 Å². The fourth-order valence-electron chi connectivity index (χ4n) is 4.16. The number of ketones is 1. The smallest absolute Gasteiger partial charge is 0.323 e. The molecule has 1 aromatic heterocycles. The highest BCUT2D eigenvalue weighted by molar-refractivity contribution is 7.15. The number of oxime groups is 1. The molecule has 3 rings (SSSR count). The molecule has 38 heavy (non-hydrogen) atoms. The number of nitrogens with zero attached hydrogens (tertiary/aromatic N) is 4. The van der Waals surface area contributed by atoms with Crippen molar-refractivity contribution in [2.45, 2.75) is 65.2 Å². The van der Waals surface area contributed by atoms with E-state index < -0.39 is 0 Å². The number of aromatic nitrogens is 2. The molecule has 2 aliphatic rings. The van der Waals surface area contributed by atoms with Crippen molar-refractivity contribution >= 4 is 45.6 Å². The second-order valence-electron chi connectivity index (χ2n) is 10.2. The average Bonchev–Trinajstić information content (AvgIpc) is 3.41.